The van der Waals surface area contributed by atoms with Crippen LogP contribution in [0.1, 0.15) is 20.3 Å². The van der Waals surface area contributed by atoms with Crippen molar-refractivity contribution in [2.75, 3.05) is 33.4 Å². The second-order valence-electron chi connectivity index (χ2n) is 6.22. The monoisotopic (exact) mass is 395 g/mol. The lowest BCUT2D eigenvalue weighted by Gasteiger charge is -2.30. The number of hydrogen-bond acceptors (Lipinski definition) is 5. The summed E-state index contributed by atoms with van der Waals surface area (Å²) in [6, 6.07) is 6.53. The Labute approximate surface area is 164 Å². The zero-order valence-electron chi connectivity index (χ0n) is 15.9. The van der Waals surface area contributed by atoms with Crippen LogP contribution in [0.15, 0.2) is 35.5 Å². The Kier molecular flexibility index (Phi) is 7.94. The molecule has 27 heavy (non-hydrogen) atoms. The fourth-order valence-electron chi connectivity index (χ4n) is 2.81. The minimum Gasteiger partial charge on any atom is -0.492 e. The van der Waals surface area contributed by atoms with Crippen molar-refractivity contribution < 1.29 is 19.1 Å². The van der Waals surface area contributed by atoms with Crippen molar-refractivity contribution in [3.8, 4) is 5.75 Å². The quantitative estimate of drug-likeness (QED) is 0.628. The van der Waals surface area contributed by atoms with E-state index < -0.39 is 5.97 Å². The molecule has 0 saturated carbocycles. The number of rotatable bonds is 9. The maximum Gasteiger partial charge on any atom is 0.337 e. The van der Waals surface area contributed by atoms with Crippen LogP contribution in [-0.4, -0.2) is 56.3 Å². The smallest absolute Gasteiger partial charge is 0.337 e. The van der Waals surface area contributed by atoms with Crippen molar-refractivity contribution in [1.82, 2.24) is 15.5 Å². The first-order valence-corrected chi connectivity index (χ1v) is 9.37. The summed E-state index contributed by atoms with van der Waals surface area (Å²) >= 11 is 5.94. The van der Waals surface area contributed by atoms with Crippen molar-refractivity contribution >= 4 is 23.6 Å². The zero-order valence-corrected chi connectivity index (χ0v) is 16.6. The van der Waals surface area contributed by atoms with Crippen molar-refractivity contribution in [1.29, 1.82) is 0 Å². The number of ether oxygens (including phenoxy) is 2. The first-order valence-electron chi connectivity index (χ1n) is 8.99. The highest BCUT2D eigenvalue weighted by atomic mass is 35.5. The number of likely N-dealkylation sites (N-methyl/N-ethyl adjacent to an activating group) is 1. The van der Waals surface area contributed by atoms with Gasteiger partial charge in [0.05, 0.1) is 18.2 Å². The number of amides is 2. The van der Waals surface area contributed by atoms with E-state index in [0.717, 1.165) is 0 Å². The predicted molar refractivity (Wildman–Crippen MR) is 104 cm³/mol. The lowest BCUT2D eigenvalue weighted by atomic mass is 10.00. The maximum atomic E-state index is 12.4. The Bertz CT molecular complexity index is 708. The van der Waals surface area contributed by atoms with Crippen LogP contribution in [0, 0.1) is 0 Å². The van der Waals surface area contributed by atoms with Crippen LogP contribution in [0.3, 0.4) is 0 Å². The molecule has 0 aliphatic carbocycles. The molecule has 2 N–H and O–H groups in total. The molecule has 1 aliphatic heterocycles. The summed E-state index contributed by atoms with van der Waals surface area (Å²) in [5, 5.41) is 6.13. The second-order valence-corrected chi connectivity index (χ2v) is 6.65. The summed E-state index contributed by atoms with van der Waals surface area (Å²) in [5.74, 6) is 0.291. The van der Waals surface area contributed by atoms with Gasteiger partial charge in [-0.3, -0.25) is 4.90 Å². The molecule has 0 unspecified atom stereocenters. The van der Waals surface area contributed by atoms with E-state index in [9.17, 15) is 9.59 Å². The Morgan fingerprint density at radius 2 is 2.11 bits per heavy atom. The molecule has 8 heteroatoms. The van der Waals surface area contributed by atoms with E-state index in [4.69, 9.17) is 21.1 Å². The van der Waals surface area contributed by atoms with Crippen LogP contribution in [0.4, 0.5) is 4.79 Å². The van der Waals surface area contributed by atoms with Gasteiger partial charge in [-0.1, -0.05) is 24.6 Å². The molecule has 1 heterocycles. The molecular weight excluding hydrogens is 370 g/mol. The van der Waals surface area contributed by atoms with Crippen LogP contribution >= 0.6 is 11.6 Å². The maximum absolute atomic E-state index is 12.4. The number of carbonyl (C=O) groups is 2. The lowest BCUT2D eigenvalue weighted by Crippen LogP contribution is -2.52. The molecule has 0 saturated heterocycles. The predicted octanol–water partition coefficient (Wildman–Crippen LogP) is 2.56. The van der Waals surface area contributed by atoms with E-state index in [2.05, 4.69) is 10.6 Å². The van der Waals surface area contributed by atoms with Crippen molar-refractivity contribution in [3.05, 3.63) is 40.6 Å². The van der Waals surface area contributed by atoms with Gasteiger partial charge in [0.15, 0.2) is 0 Å². The molecule has 1 aromatic carbocycles. The average molecular weight is 396 g/mol. The summed E-state index contributed by atoms with van der Waals surface area (Å²) in [7, 11) is 1.90. The third kappa shape index (κ3) is 6.15. The highest BCUT2D eigenvalue weighted by molar-refractivity contribution is 6.30. The average Bonchev–Trinajstić information content (AvgIpc) is 2.61. The normalized spacial score (nSPS) is 16.8. The number of nitrogens with one attached hydrogen (secondary N) is 2. The molecule has 0 bridgehead atoms. The number of urea groups is 1. The minimum atomic E-state index is -0.407. The SMILES string of the molecule is CCOC(=O)C1=C(CN(C)CCOc2cccc(Cl)c2)NC(=O)N[C@H]1CC. The van der Waals surface area contributed by atoms with E-state index >= 15 is 0 Å². The number of carbonyl (C=O) groups excluding carboxylic acids is 2. The molecule has 2 amide bonds. The van der Waals surface area contributed by atoms with Gasteiger partial charge >= 0.3 is 12.0 Å². The number of halogens is 1. The molecule has 7 nitrogen and oxygen atoms in total. The summed E-state index contributed by atoms with van der Waals surface area (Å²) in [5.41, 5.74) is 1.04. The van der Waals surface area contributed by atoms with Gasteiger partial charge in [-0.15, -0.1) is 0 Å². The lowest BCUT2D eigenvalue weighted by molar-refractivity contribution is -0.139. The van der Waals surface area contributed by atoms with Gasteiger partial charge in [0.2, 0.25) is 0 Å². The fraction of sp³-hybridized carbons (Fsp3) is 0.474. The topological polar surface area (TPSA) is 79.9 Å². The van der Waals surface area contributed by atoms with E-state index in [1.807, 2.05) is 31.0 Å². The van der Waals surface area contributed by atoms with Gasteiger partial charge in [0.1, 0.15) is 12.4 Å². The standard InChI is InChI=1S/C19H26ClN3O4/c1-4-15-17(18(24)26-5-2)16(22-19(25)21-15)12-23(3)9-10-27-14-8-6-7-13(20)11-14/h6-8,11,15H,4-5,9-10,12H2,1-3H3,(H2,21,22,25)/t15-/m0/s1. The number of hydrogen-bond donors (Lipinski definition) is 2. The van der Waals surface area contributed by atoms with Gasteiger partial charge in [-0.2, -0.15) is 0 Å². The van der Waals surface area contributed by atoms with Gasteiger partial charge in [-0.25, -0.2) is 9.59 Å². The number of benzene rings is 1. The van der Waals surface area contributed by atoms with Crippen molar-refractivity contribution in [3.63, 3.8) is 0 Å². The Balaban J connectivity index is 2.01. The van der Waals surface area contributed by atoms with E-state index in [1.165, 1.54) is 0 Å². The summed E-state index contributed by atoms with van der Waals surface area (Å²) in [6.07, 6.45) is 0.604. The molecule has 0 fully saturated rings. The van der Waals surface area contributed by atoms with Crippen LogP contribution in [0.25, 0.3) is 0 Å². The third-order valence-electron chi connectivity index (χ3n) is 4.11. The van der Waals surface area contributed by atoms with Crippen LogP contribution in [0.5, 0.6) is 5.75 Å². The van der Waals surface area contributed by atoms with Gasteiger partial charge in [-0.05, 0) is 38.6 Å². The zero-order chi connectivity index (χ0) is 19.8. The Hall–Kier alpha value is -2.25. The third-order valence-corrected chi connectivity index (χ3v) is 4.35. The molecule has 148 valence electrons. The van der Waals surface area contributed by atoms with Gasteiger partial charge in [0, 0.05) is 23.8 Å². The molecule has 1 atom stereocenters. The van der Waals surface area contributed by atoms with E-state index in [-0.39, 0.29) is 18.7 Å². The number of esters is 1. The summed E-state index contributed by atoms with van der Waals surface area (Å²) < 4.78 is 10.9. The second kappa shape index (κ2) is 10.2. The molecular formula is C19H26ClN3O4. The molecule has 1 aliphatic rings. The van der Waals surface area contributed by atoms with E-state index in [0.29, 0.717) is 48.2 Å². The summed E-state index contributed by atoms with van der Waals surface area (Å²) in [6.45, 7) is 5.40. The Morgan fingerprint density at radius 3 is 2.78 bits per heavy atom. The molecule has 2 rings (SSSR count). The first-order chi connectivity index (χ1) is 12.9. The highest BCUT2D eigenvalue weighted by Gasteiger charge is 2.31. The van der Waals surface area contributed by atoms with Crippen molar-refractivity contribution in [2.24, 2.45) is 0 Å². The highest BCUT2D eigenvalue weighted by Crippen LogP contribution is 2.18. The largest absolute Gasteiger partial charge is 0.492 e. The summed E-state index contributed by atoms with van der Waals surface area (Å²) in [4.78, 5) is 26.3. The minimum absolute atomic E-state index is 0.281. The van der Waals surface area contributed by atoms with Crippen LogP contribution in [-0.2, 0) is 9.53 Å². The van der Waals surface area contributed by atoms with Crippen molar-refractivity contribution in [2.45, 2.75) is 26.3 Å². The molecule has 1 aromatic rings. The van der Waals surface area contributed by atoms with Crippen LogP contribution < -0.4 is 15.4 Å². The molecule has 0 radical (unpaired) electrons. The van der Waals surface area contributed by atoms with Gasteiger partial charge in [0.25, 0.3) is 0 Å². The first kappa shape index (κ1) is 21.1. The Morgan fingerprint density at radius 1 is 1.33 bits per heavy atom. The molecule has 0 spiro atoms. The molecule has 0 aromatic heterocycles. The number of nitrogens with zero attached hydrogens (tertiary/aromatic N) is 1. The van der Waals surface area contributed by atoms with Gasteiger partial charge < -0.3 is 20.1 Å². The fourth-order valence-corrected chi connectivity index (χ4v) is 2.99. The van der Waals surface area contributed by atoms with Crippen LogP contribution in [0.2, 0.25) is 5.02 Å². The van der Waals surface area contributed by atoms with E-state index in [1.54, 1.807) is 19.1 Å².